The molecule has 2 aliphatic rings. The Morgan fingerprint density at radius 1 is 0.822 bits per heavy atom. The van der Waals surface area contributed by atoms with Crippen molar-refractivity contribution in [2.75, 3.05) is 57.0 Å². The van der Waals surface area contributed by atoms with Crippen LogP contribution in [-0.4, -0.2) is 108 Å². The van der Waals surface area contributed by atoms with Gasteiger partial charge in [0, 0.05) is 72.2 Å². The fraction of sp³-hybridized carbons (Fsp3) is 0.467. The van der Waals surface area contributed by atoms with E-state index in [0.29, 0.717) is 0 Å². The molecule has 2 aromatic rings. The number of hydrogen-bond acceptors (Lipinski definition) is 15. The van der Waals surface area contributed by atoms with Gasteiger partial charge in [0.1, 0.15) is 0 Å². The molecule has 45 heavy (non-hydrogen) atoms. The van der Waals surface area contributed by atoms with Crippen molar-refractivity contribution in [1.82, 2.24) is 9.80 Å². The lowest BCUT2D eigenvalue weighted by atomic mass is 10.2. The maximum atomic E-state index is 9.58. The van der Waals surface area contributed by atoms with E-state index in [1.54, 1.807) is 0 Å². The Balaban J connectivity index is 0.000000324. The molecule has 0 saturated carbocycles. The minimum absolute atomic E-state index is 0.928. The standard InChI is InChI=1S/C22H29N3S2.2C4H6O5/c1-3-26-18-9-10-22-20(17-18)25(19-7-4-5-8-21(19)27-22)12-6-11-24-15-13-23(2)14-16-24;2*5-2(4(8)9)1-3(6)7/h4-5,7-10,17H,3,6,11-16H2,1-2H3;2*2,5H,1H2,(H,6,7)(H,8,9)/p-4. The molecule has 2 heterocycles. The summed E-state index contributed by atoms with van der Waals surface area (Å²) in [4.78, 5) is 50.0. The van der Waals surface area contributed by atoms with Crippen molar-refractivity contribution in [3.05, 3.63) is 42.5 Å². The fourth-order valence-corrected chi connectivity index (χ4v) is 6.08. The lowest BCUT2D eigenvalue weighted by Gasteiger charge is -2.35. The van der Waals surface area contributed by atoms with E-state index < -0.39 is 48.9 Å². The van der Waals surface area contributed by atoms with E-state index in [9.17, 15) is 39.6 Å². The number of fused-ring (bicyclic) bond motifs is 2. The molecule has 0 bridgehead atoms. The van der Waals surface area contributed by atoms with Gasteiger partial charge in [0.25, 0.3) is 0 Å². The van der Waals surface area contributed by atoms with Gasteiger partial charge >= 0.3 is 0 Å². The second-order valence-electron chi connectivity index (χ2n) is 10.1. The number of hydrogen-bond donors (Lipinski definition) is 2. The normalized spacial score (nSPS) is 15.6. The Hall–Kier alpha value is -3.34. The molecule has 0 aliphatic carbocycles. The summed E-state index contributed by atoms with van der Waals surface area (Å²) in [5.74, 6) is -5.73. The van der Waals surface area contributed by atoms with Gasteiger partial charge in [-0.25, -0.2) is 0 Å². The van der Waals surface area contributed by atoms with Crippen molar-refractivity contribution < 1.29 is 49.8 Å². The highest BCUT2D eigenvalue weighted by Crippen LogP contribution is 2.49. The Bertz CT molecular complexity index is 1260. The molecule has 0 spiro atoms. The molecule has 0 amide bonds. The number of thioether (sulfide) groups is 1. The summed E-state index contributed by atoms with van der Waals surface area (Å²) < 4.78 is 0. The third-order valence-corrected chi connectivity index (χ3v) is 8.63. The molecule has 4 rings (SSSR count). The zero-order chi connectivity index (χ0) is 33.5. The largest absolute Gasteiger partial charge is 0.550 e. The number of aliphatic carboxylic acids is 4. The highest BCUT2D eigenvalue weighted by Gasteiger charge is 2.24. The molecule has 248 valence electrons. The van der Waals surface area contributed by atoms with Crippen molar-refractivity contribution in [3.8, 4) is 0 Å². The van der Waals surface area contributed by atoms with Crippen molar-refractivity contribution >= 4 is 58.8 Å². The van der Waals surface area contributed by atoms with Crippen LogP contribution in [0.25, 0.3) is 0 Å². The molecular weight excluding hydrogens is 626 g/mol. The molecular formula is C30H37N3O10S2-4. The number of rotatable bonds is 12. The number of likely N-dealkylation sites (N-methyl/N-ethyl adjacent to an activating group) is 1. The average Bonchev–Trinajstić information content (AvgIpc) is 2.98. The second kappa shape index (κ2) is 19.2. The predicted molar refractivity (Wildman–Crippen MR) is 160 cm³/mol. The number of carbonyl (C=O) groups excluding carboxylic acids is 4. The third kappa shape index (κ3) is 13.3. The van der Waals surface area contributed by atoms with Crippen molar-refractivity contribution in [2.45, 2.75) is 53.1 Å². The van der Waals surface area contributed by atoms with Gasteiger partial charge in [0.2, 0.25) is 0 Å². The number of para-hydroxylation sites is 1. The molecule has 2 atom stereocenters. The smallest absolute Gasteiger partial charge is 0.0985 e. The molecule has 13 nitrogen and oxygen atoms in total. The Kier molecular flexibility index (Phi) is 16.2. The van der Waals surface area contributed by atoms with E-state index in [1.165, 1.54) is 65.2 Å². The van der Waals surface area contributed by atoms with Gasteiger partial charge < -0.3 is 64.5 Å². The van der Waals surface area contributed by atoms with Gasteiger partial charge in [-0.2, -0.15) is 0 Å². The van der Waals surface area contributed by atoms with E-state index in [2.05, 4.69) is 71.1 Å². The van der Waals surface area contributed by atoms with E-state index in [1.807, 2.05) is 23.5 Å². The number of carboxylic acids is 4. The quantitative estimate of drug-likeness (QED) is 0.225. The SMILES string of the molecule is CCSc1ccc2c(c1)N(CCCN1CCN(C)CC1)c1ccccc1S2.O=C([O-])CC(O)C(=O)[O-].O=C([O-])CC(O)C(=O)[O-]. The molecule has 15 heteroatoms. The van der Waals surface area contributed by atoms with E-state index in [4.69, 9.17) is 10.2 Å². The van der Waals surface area contributed by atoms with Crippen molar-refractivity contribution in [2.24, 2.45) is 0 Å². The first-order valence-electron chi connectivity index (χ1n) is 14.2. The highest BCUT2D eigenvalue weighted by molar-refractivity contribution is 8.00. The van der Waals surface area contributed by atoms with Gasteiger partial charge in [0.15, 0.2) is 0 Å². The fourth-order valence-electron chi connectivity index (χ4n) is 4.31. The summed E-state index contributed by atoms with van der Waals surface area (Å²) in [6, 6.07) is 15.8. The van der Waals surface area contributed by atoms with Crippen LogP contribution in [0.3, 0.4) is 0 Å². The molecule has 2 aromatic carbocycles. The summed E-state index contributed by atoms with van der Waals surface area (Å²) in [6.07, 6.45) is -4.58. The van der Waals surface area contributed by atoms with E-state index in [-0.39, 0.29) is 0 Å². The molecule has 2 aliphatic heterocycles. The lowest BCUT2D eigenvalue weighted by Crippen LogP contribution is -2.45. The highest BCUT2D eigenvalue weighted by atomic mass is 32.2. The molecule has 1 fully saturated rings. The Morgan fingerprint density at radius 2 is 1.38 bits per heavy atom. The molecule has 2 unspecified atom stereocenters. The Morgan fingerprint density at radius 3 is 1.89 bits per heavy atom. The summed E-state index contributed by atoms with van der Waals surface area (Å²) in [7, 11) is 2.22. The third-order valence-electron chi connectivity index (χ3n) is 6.62. The number of anilines is 2. The minimum Gasteiger partial charge on any atom is -0.550 e. The first-order chi connectivity index (χ1) is 21.3. The number of carboxylic acid groups (broad SMARTS) is 4. The van der Waals surface area contributed by atoms with Crippen molar-refractivity contribution in [1.29, 1.82) is 0 Å². The van der Waals surface area contributed by atoms with Crippen molar-refractivity contribution in [3.63, 3.8) is 0 Å². The van der Waals surface area contributed by atoms with Crippen LogP contribution in [0.5, 0.6) is 0 Å². The lowest BCUT2D eigenvalue weighted by molar-refractivity contribution is -0.323. The van der Waals surface area contributed by atoms with Crippen LogP contribution in [0.15, 0.2) is 57.2 Å². The molecule has 0 aromatic heterocycles. The van der Waals surface area contributed by atoms with Crippen LogP contribution in [-0.2, 0) is 19.2 Å². The van der Waals surface area contributed by atoms with Crippen LogP contribution in [0.1, 0.15) is 26.2 Å². The molecule has 2 N–H and O–H groups in total. The number of benzene rings is 2. The topological polar surface area (TPSA) is 211 Å². The minimum atomic E-state index is -1.96. The summed E-state index contributed by atoms with van der Waals surface area (Å²) >= 11 is 3.84. The van der Waals surface area contributed by atoms with Gasteiger partial charge in [-0.1, -0.05) is 30.8 Å². The van der Waals surface area contributed by atoms with Crippen LogP contribution < -0.4 is 25.3 Å². The van der Waals surface area contributed by atoms with Gasteiger partial charge in [0.05, 0.1) is 35.5 Å². The zero-order valence-electron chi connectivity index (χ0n) is 25.1. The van der Waals surface area contributed by atoms with E-state index in [0.717, 1.165) is 12.3 Å². The van der Waals surface area contributed by atoms with Crippen LogP contribution in [0.2, 0.25) is 0 Å². The monoisotopic (exact) mass is 663 g/mol. The van der Waals surface area contributed by atoms with Gasteiger partial charge in [-0.3, -0.25) is 0 Å². The molecule has 1 saturated heterocycles. The number of nitrogens with zero attached hydrogens (tertiary/aromatic N) is 3. The summed E-state index contributed by atoms with van der Waals surface area (Å²) in [5, 5.41) is 54.7. The molecule has 0 radical (unpaired) electrons. The summed E-state index contributed by atoms with van der Waals surface area (Å²) in [6.45, 7) is 9.30. The average molecular weight is 664 g/mol. The number of aliphatic hydroxyl groups excluding tert-OH is 2. The first-order valence-corrected chi connectivity index (χ1v) is 16.0. The van der Waals surface area contributed by atoms with Crippen LogP contribution in [0.4, 0.5) is 11.4 Å². The second-order valence-corrected chi connectivity index (χ2v) is 12.5. The van der Waals surface area contributed by atoms with E-state index >= 15 is 0 Å². The maximum Gasteiger partial charge on any atom is 0.0985 e. The number of aliphatic hydroxyl groups is 2. The predicted octanol–water partition coefficient (Wildman–Crippen LogP) is -2.49. The Labute approximate surface area is 270 Å². The van der Waals surface area contributed by atoms with Crippen LogP contribution >= 0.6 is 23.5 Å². The van der Waals surface area contributed by atoms with Gasteiger partial charge in [-0.05, 0) is 56.1 Å². The number of piperazine rings is 1. The number of carbonyl (C=O) groups is 4. The first kappa shape index (κ1) is 37.8. The summed E-state index contributed by atoms with van der Waals surface area (Å²) in [5.41, 5.74) is 2.75. The van der Waals surface area contributed by atoms with Gasteiger partial charge in [-0.15, -0.1) is 11.8 Å². The zero-order valence-corrected chi connectivity index (χ0v) is 26.7. The van der Waals surface area contributed by atoms with Crippen LogP contribution in [0, 0.1) is 0 Å². The maximum absolute atomic E-state index is 9.58.